The van der Waals surface area contributed by atoms with Crippen molar-refractivity contribution in [3.8, 4) is 5.75 Å². The number of nitrogens with one attached hydrogen (secondary N) is 1. The molecule has 0 aliphatic carbocycles. The zero-order valence-corrected chi connectivity index (χ0v) is 11.6. The van der Waals surface area contributed by atoms with E-state index in [1.165, 1.54) is 25.4 Å². The van der Waals surface area contributed by atoms with Gasteiger partial charge < -0.3 is 20.3 Å². The highest BCUT2D eigenvalue weighted by Gasteiger charge is 2.29. The van der Waals surface area contributed by atoms with E-state index in [4.69, 9.17) is 9.84 Å². The van der Waals surface area contributed by atoms with Crippen LogP contribution in [-0.4, -0.2) is 40.4 Å². The summed E-state index contributed by atoms with van der Waals surface area (Å²) in [6, 6.07) is 4.45. The SMILES string of the molecule is COc1cc2ccnc(NCC(C)(O)C(=O)O)c2cc1F. The topological polar surface area (TPSA) is 91.7 Å². The number of methoxy groups -OCH3 is 1. The van der Waals surface area contributed by atoms with Gasteiger partial charge in [-0.3, -0.25) is 0 Å². The summed E-state index contributed by atoms with van der Waals surface area (Å²) in [6.45, 7) is 0.902. The van der Waals surface area contributed by atoms with Gasteiger partial charge in [0.1, 0.15) is 5.82 Å². The second-order valence-corrected chi connectivity index (χ2v) is 4.80. The minimum Gasteiger partial charge on any atom is -0.494 e. The third kappa shape index (κ3) is 3.03. The molecule has 1 atom stereocenters. The van der Waals surface area contributed by atoms with E-state index < -0.39 is 17.4 Å². The number of nitrogens with zero attached hydrogens (tertiary/aromatic N) is 1. The van der Waals surface area contributed by atoms with Crippen molar-refractivity contribution in [2.24, 2.45) is 0 Å². The molecule has 7 heteroatoms. The molecule has 6 nitrogen and oxygen atoms in total. The zero-order chi connectivity index (χ0) is 15.6. The molecule has 0 bridgehead atoms. The maximum Gasteiger partial charge on any atom is 0.337 e. The number of carboxylic acids is 1. The molecular weight excluding hydrogens is 279 g/mol. The number of aliphatic hydroxyl groups is 1. The number of anilines is 1. The van der Waals surface area contributed by atoms with Gasteiger partial charge in [-0.15, -0.1) is 0 Å². The van der Waals surface area contributed by atoms with Crippen molar-refractivity contribution < 1.29 is 24.1 Å². The van der Waals surface area contributed by atoms with Gasteiger partial charge >= 0.3 is 5.97 Å². The number of ether oxygens (including phenoxy) is 1. The second kappa shape index (κ2) is 5.53. The van der Waals surface area contributed by atoms with Gasteiger partial charge in [0, 0.05) is 11.6 Å². The number of aliphatic carboxylic acids is 1. The Hall–Kier alpha value is -2.41. The van der Waals surface area contributed by atoms with E-state index in [9.17, 15) is 14.3 Å². The van der Waals surface area contributed by atoms with Crippen LogP contribution in [0.4, 0.5) is 10.2 Å². The van der Waals surface area contributed by atoms with Crippen LogP contribution >= 0.6 is 0 Å². The largest absolute Gasteiger partial charge is 0.494 e. The van der Waals surface area contributed by atoms with Crippen LogP contribution in [0.3, 0.4) is 0 Å². The maximum atomic E-state index is 13.8. The predicted octanol–water partition coefficient (Wildman–Crippen LogP) is 1.63. The third-order valence-electron chi connectivity index (χ3n) is 3.10. The van der Waals surface area contributed by atoms with Crippen molar-refractivity contribution in [2.45, 2.75) is 12.5 Å². The van der Waals surface area contributed by atoms with E-state index in [-0.39, 0.29) is 18.1 Å². The van der Waals surface area contributed by atoms with Crippen LogP contribution < -0.4 is 10.1 Å². The number of aromatic nitrogens is 1. The quantitative estimate of drug-likeness (QED) is 0.776. The van der Waals surface area contributed by atoms with Crippen LogP contribution in [0.15, 0.2) is 24.4 Å². The Kier molecular flexibility index (Phi) is 3.95. The highest BCUT2D eigenvalue weighted by atomic mass is 19.1. The van der Waals surface area contributed by atoms with Crippen molar-refractivity contribution >= 4 is 22.6 Å². The van der Waals surface area contributed by atoms with Gasteiger partial charge in [0.15, 0.2) is 17.2 Å². The molecule has 0 amide bonds. The Balaban J connectivity index is 2.37. The van der Waals surface area contributed by atoms with E-state index >= 15 is 0 Å². The number of halogens is 1. The molecule has 0 aliphatic heterocycles. The molecule has 0 aliphatic rings. The lowest BCUT2D eigenvalue weighted by Crippen LogP contribution is -2.41. The fourth-order valence-corrected chi connectivity index (χ4v) is 1.80. The summed E-state index contributed by atoms with van der Waals surface area (Å²) < 4.78 is 18.7. The minimum atomic E-state index is -1.95. The van der Waals surface area contributed by atoms with Crippen LogP contribution in [0.1, 0.15) is 6.92 Å². The smallest absolute Gasteiger partial charge is 0.337 e. The normalized spacial score (nSPS) is 13.7. The molecule has 3 N–H and O–H groups in total. The number of hydrogen-bond donors (Lipinski definition) is 3. The highest BCUT2D eigenvalue weighted by molar-refractivity contribution is 5.93. The summed E-state index contributed by atoms with van der Waals surface area (Å²) >= 11 is 0. The van der Waals surface area contributed by atoms with Gasteiger partial charge in [0.2, 0.25) is 0 Å². The van der Waals surface area contributed by atoms with Crippen molar-refractivity contribution in [3.05, 3.63) is 30.2 Å². The first-order valence-electron chi connectivity index (χ1n) is 6.17. The molecule has 2 aromatic rings. The van der Waals surface area contributed by atoms with Crippen LogP contribution in [0.5, 0.6) is 5.75 Å². The Labute approximate surface area is 120 Å². The molecule has 1 heterocycles. The third-order valence-corrected chi connectivity index (χ3v) is 3.10. The zero-order valence-electron chi connectivity index (χ0n) is 11.6. The number of hydrogen-bond acceptors (Lipinski definition) is 5. The van der Waals surface area contributed by atoms with Crippen molar-refractivity contribution in [1.82, 2.24) is 4.98 Å². The molecule has 112 valence electrons. The average Bonchev–Trinajstić information content (AvgIpc) is 2.44. The van der Waals surface area contributed by atoms with Gasteiger partial charge in [-0.1, -0.05) is 0 Å². The lowest BCUT2D eigenvalue weighted by Gasteiger charge is -2.19. The first kappa shape index (κ1) is 15.0. The van der Waals surface area contributed by atoms with E-state index in [0.717, 1.165) is 6.92 Å². The Morgan fingerprint density at radius 3 is 2.86 bits per heavy atom. The monoisotopic (exact) mass is 294 g/mol. The number of benzene rings is 1. The van der Waals surface area contributed by atoms with E-state index in [2.05, 4.69) is 10.3 Å². The molecule has 0 saturated heterocycles. The lowest BCUT2D eigenvalue weighted by atomic mass is 10.1. The molecule has 2 rings (SSSR count). The molecule has 1 aromatic heterocycles. The van der Waals surface area contributed by atoms with Crippen LogP contribution in [-0.2, 0) is 4.79 Å². The van der Waals surface area contributed by atoms with Gasteiger partial charge in [-0.25, -0.2) is 14.2 Å². The second-order valence-electron chi connectivity index (χ2n) is 4.80. The van der Waals surface area contributed by atoms with Crippen LogP contribution in [0, 0.1) is 5.82 Å². The van der Waals surface area contributed by atoms with Crippen molar-refractivity contribution in [3.63, 3.8) is 0 Å². The first-order valence-corrected chi connectivity index (χ1v) is 6.17. The molecule has 1 aromatic carbocycles. The number of carboxylic acid groups (broad SMARTS) is 1. The Bertz CT molecular complexity index is 688. The molecule has 0 spiro atoms. The van der Waals surface area contributed by atoms with Gasteiger partial charge in [-0.2, -0.15) is 0 Å². The Morgan fingerprint density at radius 2 is 2.24 bits per heavy atom. The maximum absolute atomic E-state index is 13.8. The van der Waals surface area contributed by atoms with Gasteiger partial charge in [0.05, 0.1) is 13.7 Å². The number of fused-ring (bicyclic) bond motifs is 1. The molecule has 21 heavy (non-hydrogen) atoms. The van der Waals surface area contributed by atoms with E-state index in [1.807, 2.05) is 0 Å². The van der Waals surface area contributed by atoms with Crippen LogP contribution in [0.2, 0.25) is 0 Å². The highest BCUT2D eigenvalue weighted by Crippen LogP contribution is 2.28. The first-order chi connectivity index (χ1) is 9.85. The summed E-state index contributed by atoms with van der Waals surface area (Å²) in [5.41, 5.74) is -1.95. The van der Waals surface area contributed by atoms with Crippen molar-refractivity contribution in [1.29, 1.82) is 0 Å². The van der Waals surface area contributed by atoms with E-state index in [1.54, 1.807) is 6.07 Å². The summed E-state index contributed by atoms with van der Waals surface area (Å²) in [7, 11) is 1.37. The number of carbonyl (C=O) groups is 1. The molecule has 0 fully saturated rings. The van der Waals surface area contributed by atoms with Crippen LogP contribution in [0.25, 0.3) is 10.8 Å². The number of rotatable bonds is 5. The summed E-state index contributed by atoms with van der Waals surface area (Å²) in [5, 5.41) is 22.4. The molecule has 1 unspecified atom stereocenters. The molecular formula is C14H15FN2O4. The summed E-state index contributed by atoms with van der Waals surface area (Å²) in [4.78, 5) is 14.9. The standard InChI is InChI=1S/C14H15FN2O4/c1-14(20,13(18)19)7-17-12-9-6-10(15)11(21-2)5-8(9)3-4-16-12/h3-6,20H,7H2,1-2H3,(H,16,17)(H,18,19). The van der Waals surface area contributed by atoms with Gasteiger partial charge in [0.25, 0.3) is 0 Å². The molecule has 0 radical (unpaired) electrons. The van der Waals surface area contributed by atoms with Crippen molar-refractivity contribution in [2.75, 3.05) is 19.0 Å². The molecule has 0 saturated carbocycles. The summed E-state index contributed by atoms with van der Waals surface area (Å²) in [6.07, 6.45) is 1.50. The Morgan fingerprint density at radius 1 is 1.52 bits per heavy atom. The predicted molar refractivity (Wildman–Crippen MR) is 75.0 cm³/mol. The fraction of sp³-hybridized carbons (Fsp3) is 0.286. The number of pyridine rings is 1. The van der Waals surface area contributed by atoms with Gasteiger partial charge in [-0.05, 0) is 30.5 Å². The lowest BCUT2D eigenvalue weighted by molar-refractivity contribution is -0.155. The average molecular weight is 294 g/mol. The fourth-order valence-electron chi connectivity index (χ4n) is 1.80. The minimum absolute atomic E-state index is 0.109. The summed E-state index contributed by atoms with van der Waals surface area (Å²) in [5.74, 6) is -1.51. The van der Waals surface area contributed by atoms with E-state index in [0.29, 0.717) is 10.8 Å².